The van der Waals surface area contributed by atoms with Crippen molar-refractivity contribution < 1.29 is 19.7 Å². The largest absolute Gasteiger partial charge is 0.386 e. The summed E-state index contributed by atoms with van der Waals surface area (Å²) in [6.45, 7) is 5.15. The van der Waals surface area contributed by atoms with Gasteiger partial charge in [-0.1, -0.05) is 12.2 Å². The van der Waals surface area contributed by atoms with E-state index in [2.05, 4.69) is 0 Å². The molecule has 0 spiro atoms. The SMILES string of the molecule is CC1(C)O[C@H]2C=C[C@H](O)[C@](C)(O)[C@H]2O1. The van der Waals surface area contributed by atoms with Gasteiger partial charge >= 0.3 is 0 Å². The number of fused-ring (bicyclic) bond motifs is 1. The first-order valence-electron chi connectivity index (χ1n) is 4.77. The van der Waals surface area contributed by atoms with E-state index in [1.54, 1.807) is 32.9 Å². The minimum Gasteiger partial charge on any atom is -0.386 e. The summed E-state index contributed by atoms with van der Waals surface area (Å²) in [6, 6.07) is 0. The zero-order valence-electron chi connectivity index (χ0n) is 8.60. The lowest BCUT2D eigenvalue weighted by molar-refractivity contribution is -0.181. The summed E-state index contributed by atoms with van der Waals surface area (Å²) in [5.74, 6) is -0.701. The van der Waals surface area contributed by atoms with Crippen LogP contribution in [-0.4, -0.2) is 39.9 Å². The van der Waals surface area contributed by atoms with Crippen LogP contribution in [-0.2, 0) is 9.47 Å². The highest BCUT2D eigenvalue weighted by molar-refractivity contribution is 5.16. The average molecular weight is 200 g/mol. The van der Waals surface area contributed by atoms with Crippen molar-refractivity contribution in [1.82, 2.24) is 0 Å². The van der Waals surface area contributed by atoms with E-state index in [-0.39, 0.29) is 6.10 Å². The van der Waals surface area contributed by atoms with E-state index in [0.29, 0.717) is 0 Å². The maximum atomic E-state index is 10.0. The van der Waals surface area contributed by atoms with Gasteiger partial charge in [0.1, 0.15) is 23.9 Å². The molecule has 1 fully saturated rings. The summed E-state index contributed by atoms with van der Waals surface area (Å²) in [6.07, 6.45) is 1.61. The van der Waals surface area contributed by atoms with Gasteiger partial charge in [-0.05, 0) is 20.8 Å². The minimum absolute atomic E-state index is 0.275. The fourth-order valence-corrected chi connectivity index (χ4v) is 1.96. The lowest BCUT2D eigenvalue weighted by Crippen LogP contribution is -2.55. The van der Waals surface area contributed by atoms with Crippen LogP contribution in [0.3, 0.4) is 0 Å². The zero-order chi connectivity index (χ0) is 10.6. The van der Waals surface area contributed by atoms with Gasteiger partial charge < -0.3 is 19.7 Å². The molecule has 0 aromatic heterocycles. The Balaban J connectivity index is 2.29. The van der Waals surface area contributed by atoms with Gasteiger partial charge in [0.25, 0.3) is 0 Å². The molecule has 0 bridgehead atoms. The molecular formula is C10H16O4. The third-order valence-corrected chi connectivity index (χ3v) is 2.79. The molecule has 80 valence electrons. The Hall–Kier alpha value is -0.420. The second kappa shape index (κ2) is 2.79. The zero-order valence-corrected chi connectivity index (χ0v) is 8.60. The van der Waals surface area contributed by atoms with Crippen LogP contribution < -0.4 is 0 Å². The molecule has 2 rings (SSSR count). The van der Waals surface area contributed by atoms with Crippen LogP contribution in [0.15, 0.2) is 12.2 Å². The molecule has 4 heteroatoms. The highest BCUT2D eigenvalue weighted by Crippen LogP contribution is 2.38. The van der Waals surface area contributed by atoms with Gasteiger partial charge in [-0.15, -0.1) is 0 Å². The van der Waals surface area contributed by atoms with E-state index in [4.69, 9.17) is 9.47 Å². The first kappa shape index (κ1) is 10.1. The fraction of sp³-hybridized carbons (Fsp3) is 0.800. The Morgan fingerprint density at radius 1 is 1.14 bits per heavy atom. The van der Waals surface area contributed by atoms with Crippen molar-refractivity contribution in [3.63, 3.8) is 0 Å². The number of rotatable bonds is 0. The molecule has 1 aliphatic carbocycles. The van der Waals surface area contributed by atoms with Crippen LogP contribution >= 0.6 is 0 Å². The monoisotopic (exact) mass is 200 g/mol. The third-order valence-electron chi connectivity index (χ3n) is 2.79. The van der Waals surface area contributed by atoms with Crippen LogP contribution in [0.1, 0.15) is 20.8 Å². The highest BCUT2D eigenvalue weighted by Gasteiger charge is 2.53. The van der Waals surface area contributed by atoms with Crippen molar-refractivity contribution in [2.75, 3.05) is 0 Å². The molecule has 1 saturated heterocycles. The minimum atomic E-state index is -1.28. The maximum absolute atomic E-state index is 10.0. The van der Waals surface area contributed by atoms with E-state index >= 15 is 0 Å². The van der Waals surface area contributed by atoms with Gasteiger partial charge in [-0.2, -0.15) is 0 Å². The molecular weight excluding hydrogens is 184 g/mol. The van der Waals surface area contributed by atoms with Gasteiger partial charge in [0.15, 0.2) is 5.79 Å². The molecule has 0 aromatic rings. The predicted molar refractivity (Wildman–Crippen MR) is 49.6 cm³/mol. The molecule has 2 N–H and O–H groups in total. The number of aliphatic hydroxyl groups excluding tert-OH is 1. The van der Waals surface area contributed by atoms with Gasteiger partial charge in [-0.3, -0.25) is 0 Å². The molecule has 1 aliphatic heterocycles. The molecule has 0 aromatic carbocycles. The van der Waals surface area contributed by atoms with Crippen molar-refractivity contribution >= 4 is 0 Å². The fourth-order valence-electron chi connectivity index (χ4n) is 1.96. The Labute approximate surface area is 83.1 Å². The van der Waals surface area contributed by atoms with Gasteiger partial charge in [0.05, 0.1) is 0 Å². The number of ether oxygens (including phenoxy) is 2. The summed E-state index contributed by atoms with van der Waals surface area (Å²) < 4.78 is 11.1. The lowest BCUT2D eigenvalue weighted by Gasteiger charge is -2.37. The van der Waals surface area contributed by atoms with E-state index < -0.39 is 23.6 Å². The molecule has 14 heavy (non-hydrogen) atoms. The van der Waals surface area contributed by atoms with Crippen LogP contribution in [0.25, 0.3) is 0 Å². The quantitative estimate of drug-likeness (QED) is 0.548. The second-order valence-corrected chi connectivity index (χ2v) is 4.58. The van der Waals surface area contributed by atoms with E-state index in [9.17, 15) is 10.2 Å². The Bertz CT molecular complexity index is 269. The van der Waals surface area contributed by atoms with Crippen LogP contribution in [0, 0.1) is 0 Å². The topological polar surface area (TPSA) is 58.9 Å². The molecule has 2 aliphatic rings. The number of hydrogen-bond acceptors (Lipinski definition) is 4. The Morgan fingerprint density at radius 2 is 1.79 bits per heavy atom. The number of aliphatic hydroxyl groups is 2. The molecule has 0 radical (unpaired) electrons. The smallest absolute Gasteiger partial charge is 0.164 e. The predicted octanol–water partition coefficient (Wildman–Crippen LogP) is 0.188. The van der Waals surface area contributed by atoms with Gasteiger partial charge in [0, 0.05) is 0 Å². The van der Waals surface area contributed by atoms with Crippen molar-refractivity contribution in [2.45, 2.75) is 50.5 Å². The lowest BCUT2D eigenvalue weighted by atomic mass is 9.84. The van der Waals surface area contributed by atoms with Crippen molar-refractivity contribution in [3.8, 4) is 0 Å². The normalized spacial score (nSPS) is 50.5. The van der Waals surface area contributed by atoms with E-state index in [0.717, 1.165) is 0 Å². The Morgan fingerprint density at radius 3 is 2.43 bits per heavy atom. The first-order chi connectivity index (χ1) is 6.33. The Kier molecular flexibility index (Phi) is 2.02. The summed E-state index contributed by atoms with van der Waals surface area (Å²) >= 11 is 0. The van der Waals surface area contributed by atoms with E-state index in [1.165, 1.54) is 0 Å². The van der Waals surface area contributed by atoms with Crippen LogP contribution in [0.2, 0.25) is 0 Å². The van der Waals surface area contributed by atoms with Crippen molar-refractivity contribution in [3.05, 3.63) is 12.2 Å². The molecule has 0 unspecified atom stereocenters. The standard InChI is InChI=1S/C10H16O4/c1-9(2)13-6-4-5-7(11)10(3,12)8(6)14-9/h4-8,11-12H,1-3H3/t6-,7-,8-,10-/m0/s1. The van der Waals surface area contributed by atoms with Gasteiger partial charge in [0.2, 0.25) is 0 Å². The van der Waals surface area contributed by atoms with Crippen molar-refractivity contribution in [2.24, 2.45) is 0 Å². The van der Waals surface area contributed by atoms with E-state index in [1.807, 2.05) is 0 Å². The highest BCUT2D eigenvalue weighted by atomic mass is 16.8. The van der Waals surface area contributed by atoms with Crippen LogP contribution in [0.5, 0.6) is 0 Å². The molecule has 1 heterocycles. The molecule has 4 atom stereocenters. The summed E-state index contributed by atoms with van der Waals surface area (Å²) in [5, 5.41) is 19.6. The second-order valence-electron chi connectivity index (χ2n) is 4.58. The van der Waals surface area contributed by atoms with Crippen molar-refractivity contribution in [1.29, 1.82) is 0 Å². The van der Waals surface area contributed by atoms with Crippen LogP contribution in [0.4, 0.5) is 0 Å². The summed E-state index contributed by atoms with van der Waals surface area (Å²) in [5.41, 5.74) is -1.28. The third kappa shape index (κ3) is 1.39. The summed E-state index contributed by atoms with van der Waals surface area (Å²) in [7, 11) is 0. The molecule has 0 amide bonds. The average Bonchev–Trinajstić information content (AvgIpc) is 2.35. The first-order valence-corrected chi connectivity index (χ1v) is 4.77. The molecule has 4 nitrogen and oxygen atoms in total. The number of hydrogen-bond donors (Lipinski definition) is 2. The maximum Gasteiger partial charge on any atom is 0.164 e. The van der Waals surface area contributed by atoms with Gasteiger partial charge in [-0.25, -0.2) is 0 Å². The molecule has 0 saturated carbocycles. The summed E-state index contributed by atoms with van der Waals surface area (Å²) in [4.78, 5) is 0.